The highest BCUT2D eigenvalue weighted by atomic mass is 16.3. The van der Waals surface area contributed by atoms with E-state index in [0.29, 0.717) is 12.4 Å². The van der Waals surface area contributed by atoms with E-state index in [1.54, 1.807) is 4.90 Å². The van der Waals surface area contributed by atoms with Crippen LogP contribution in [0.25, 0.3) is 0 Å². The molecule has 1 heterocycles. The Morgan fingerprint density at radius 2 is 2.15 bits per heavy atom. The van der Waals surface area contributed by atoms with Gasteiger partial charge in [0.1, 0.15) is 5.69 Å². The topological polar surface area (TPSA) is 104 Å². The second-order valence-electron chi connectivity index (χ2n) is 4.95. The van der Waals surface area contributed by atoms with Crippen LogP contribution >= 0.6 is 0 Å². The van der Waals surface area contributed by atoms with Crippen LogP contribution in [0.3, 0.4) is 0 Å². The van der Waals surface area contributed by atoms with Crippen molar-refractivity contribution < 1.29 is 9.90 Å². The van der Waals surface area contributed by atoms with Crippen molar-refractivity contribution in [2.45, 2.75) is 38.1 Å². The highest BCUT2D eigenvalue weighted by Gasteiger charge is 2.26. The fourth-order valence-electron chi connectivity index (χ4n) is 2.64. The molecule has 1 fully saturated rings. The van der Waals surface area contributed by atoms with Crippen molar-refractivity contribution in [1.29, 1.82) is 0 Å². The van der Waals surface area contributed by atoms with Gasteiger partial charge in [0, 0.05) is 12.6 Å². The maximum Gasteiger partial charge on any atom is 0.274 e. The molecule has 0 radical (unpaired) electrons. The van der Waals surface area contributed by atoms with Gasteiger partial charge in [0.2, 0.25) is 0 Å². The van der Waals surface area contributed by atoms with E-state index < -0.39 is 0 Å². The summed E-state index contributed by atoms with van der Waals surface area (Å²) in [6.07, 6.45) is 8.29. The van der Waals surface area contributed by atoms with Gasteiger partial charge in [0.05, 0.1) is 19.0 Å². The van der Waals surface area contributed by atoms with Crippen LogP contribution < -0.4 is 11.3 Å². The van der Waals surface area contributed by atoms with Crippen LogP contribution in [0.15, 0.2) is 12.4 Å². The molecule has 0 saturated heterocycles. The van der Waals surface area contributed by atoms with E-state index in [4.69, 9.17) is 5.84 Å². The fourth-order valence-corrected chi connectivity index (χ4v) is 2.64. The molecule has 0 bridgehead atoms. The zero-order valence-electron chi connectivity index (χ0n) is 11.5. The van der Waals surface area contributed by atoms with Gasteiger partial charge in [-0.25, -0.2) is 10.8 Å². The second kappa shape index (κ2) is 7.16. The average Bonchev–Trinajstić information content (AvgIpc) is 2.53. The van der Waals surface area contributed by atoms with Crippen molar-refractivity contribution in [3.63, 3.8) is 0 Å². The monoisotopic (exact) mass is 279 g/mol. The highest BCUT2D eigenvalue weighted by molar-refractivity contribution is 5.92. The predicted molar refractivity (Wildman–Crippen MR) is 74.8 cm³/mol. The molecule has 0 aromatic carbocycles. The van der Waals surface area contributed by atoms with Gasteiger partial charge >= 0.3 is 0 Å². The Morgan fingerprint density at radius 1 is 1.40 bits per heavy atom. The Kier molecular flexibility index (Phi) is 5.25. The first kappa shape index (κ1) is 14.7. The van der Waals surface area contributed by atoms with Crippen molar-refractivity contribution in [1.82, 2.24) is 14.9 Å². The molecule has 1 aromatic rings. The summed E-state index contributed by atoms with van der Waals surface area (Å²) in [5.74, 6) is 5.43. The normalized spacial score (nSPS) is 15.9. The number of nitrogen functional groups attached to an aromatic ring is 1. The van der Waals surface area contributed by atoms with Crippen LogP contribution in [-0.2, 0) is 0 Å². The summed E-state index contributed by atoms with van der Waals surface area (Å²) >= 11 is 0. The molecule has 1 aromatic heterocycles. The van der Waals surface area contributed by atoms with Gasteiger partial charge in [-0.1, -0.05) is 19.3 Å². The van der Waals surface area contributed by atoms with Crippen molar-refractivity contribution in [3.8, 4) is 0 Å². The number of nitrogens with two attached hydrogens (primary N) is 1. The van der Waals surface area contributed by atoms with Gasteiger partial charge in [0.15, 0.2) is 5.82 Å². The van der Waals surface area contributed by atoms with Crippen LogP contribution in [0, 0.1) is 0 Å². The third kappa shape index (κ3) is 3.43. The number of amides is 1. The molecule has 0 atom stereocenters. The van der Waals surface area contributed by atoms with E-state index in [-0.39, 0.29) is 24.2 Å². The summed E-state index contributed by atoms with van der Waals surface area (Å²) in [4.78, 5) is 22.3. The number of hydrogen-bond donors (Lipinski definition) is 3. The lowest BCUT2D eigenvalue weighted by atomic mass is 9.94. The first-order valence-electron chi connectivity index (χ1n) is 6.96. The van der Waals surface area contributed by atoms with Crippen LogP contribution in [0.4, 0.5) is 5.82 Å². The summed E-state index contributed by atoms with van der Waals surface area (Å²) in [5.41, 5.74) is 2.63. The van der Waals surface area contributed by atoms with Gasteiger partial charge in [-0.3, -0.25) is 9.78 Å². The lowest BCUT2D eigenvalue weighted by Gasteiger charge is -2.33. The Balaban J connectivity index is 2.16. The lowest BCUT2D eigenvalue weighted by molar-refractivity contribution is 0.0579. The quantitative estimate of drug-likeness (QED) is 0.536. The summed E-state index contributed by atoms with van der Waals surface area (Å²) < 4.78 is 0. The van der Waals surface area contributed by atoms with E-state index >= 15 is 0 Å². The molecule has 110 valence electrons. The van der Waals surface area contributed by atoms with Crippen molar-refractivity contribution in [3.05, 3.63) is 18.1 Å². The van der Waals surface area contributed by atoms with E-state index in [1.165, 1.54) is 18.8 Å². The van der Waals surface area contributed by atoms with Crippen LogP contribution in [0.5, 0.6) is 0 Å². The standard InChI is InChI=1S/C13H21N5O2/c14-17-12-9-15-8-11(16-12)13(20)18(6-7-19)10-4-2-1-3-5-10/h8-10,19H,1-7,14H2,(H,16,17). The first-order chi connectivity index (χ1) is 9.76. The van der Waals surface area contributed by atoms with Crippen LogP contribution in [-0.4, -0.2) is 45.1 Å². The summed E-state index contributed by atoms with van der Waals surface area (Å²) in [5, 5.41) is 9.20. The number of hydrazine groups is 1. The Bertz CT molecular complexity index is 448. The molecular weight excluding hydrogens is 258 g/mol. The smallest absolute Gasteiger partial charge is 0.274 e. The van der Waals surface area contributed by atoms with Gasteiger partial charge < -0.3 is 15.4 Å². The summed E-state index contributed by atoms with van der Waals surface area (Å²) in [7, 11) is 0. The maximum absolute atomic E-state index is 12.5. The second-order valence-corrected chi connectivity index (χ2v) is 4.95. The molecule has 20 heavy (non-hydrogen) atoms. The molecule has 1 aliphatic carbocycles. The molecule has 0 spiro atoms. The van der Waals surface area contributed by atoms with E-state index in [2.05, 4.69) is 15.4 Å². The molecule has 1 amide bonds. The molecule has 1 saturated carbocycles. The number of aliphatic hydroxyl groups is 1. The van der Waals surface area contributed by atoms with E-state index in [1.807, 2.05) is 0 Å². The van der Waals surface area contributed by atoms with Gasteiger partial charge in [-0.2, -0.15) is 0 Å². The van der Waals surface area contributed by atoms with E-state index in [9.17, 15) is 9.90 Å². The number of hydrogen-bond acceptors (Lipinski definition) is 6. The molecule has 0 aliphatic heterocycles. The largest absolute Gasteiger partial charge is 0.395 e. The number of nitrogens with zero attached hydrogens (tertiary/aromatic N) is 3. The zero-order chi connectivity index (χ0) is 14.4. The molecule has 7 nitrogen and oxygen atoms in total. The third-order valence-electron chi connectivity index (χ3n) is 3.62. The number of carbonyl (C=O) groups excluding carboxylic acids is 1. The number of rotatable bonds is 5. The summed E-state index contributed by atoms with van der Waals surface area (Å²) in [6.45, 7) is 0.274. The molecule has 1 aliphatic rings. The van der Waals surface area contributed by atoms with Crippen LogP contribution in [0.1, 0.15) is 42.6 Å². The fraction of sp³-hybridized carbons (Fsp3) is 0.615. The molecule has 2 rings (SSSR count). The lowest BCUT2D eigenvalue weighted by Crippen LogP contribution is -2.43. The minimum absolute atomic E-state index is 0.0511. The number of anilines is 1. The highest BCUT2D eigenvalue weighted by Crippen LogP contribution is 2.23. The third-order valence-corrected chi connectivity index (χ3v) is 3.62. The summed E-state index contributed by atoms with van der Waals surface area (Å²) in [6, 6.07) is 0.180. The Labute approximate surface area is 118 Å². The minimum atomic E-state index is -0.199. The van der Waals surface area contributed by atoms with Gasteiger partial charge in [-0.15, -0.1) is 0 Å². The molecule has 4 N–H and O–H groups in total. The Hall–Kier alpha value is -1.73. The molecule has 7 heteroatoms. The number of nitrogens with one attached hydrogen (secondary N) is 1. The zero-order valence-corrected chi connectivity index (χ0v) is 11.5. The van der Waals surface area contributed by atoms with Crippen molar-refractivity contribution >= 4 is 11.7 Å². The maximum atomic E-state index is 12.5. The predicted octanol–water partition coefficient (Wildman–Crippen LogP) is 0.529. The average molecular weight is 279 g/mol. The van der Waals surface area contributed by atoms with Gasteiger partial charge in [-0.05, 0) is 12.8 Å². The number of aromatic nitrogens is 2. The number of carbonyl (C=O) groups is 1. The van der Waals surface area contributed by atoms with Gasteiger partial charge in [0.25, 0.3) is 5.91 Å². The van der Waals surface area contributed by atoms with Crippen LogP contribution in [0.2, 0.25) is 0 Å². The first-order valence-corrected chi connectivity index (χ1v) is 6.96. The van der Waals surface area contributed by atoms with Crippen molar-refractivity contribution in [2.24, 2.45) is 5.84 Å². The minimum Gasteiger partial charge on any atom is -0.395 e. The van der Waals surface area contributed by atoms with E-state index in [0.717, 1.165) is 25.7 Å². The van der Waals surface area contributed by atoms with Crippen molar-refractivity contribution in [2.75, 3.05) is 18.6 Å². The SMILES string of the molecule is NNc1cncc(C(=O)N(CCO)C2CCCCC2)n1. The Morgan fingerprint density at radius 3 is 2.80 bits per heavy atom. The molecule has 0 unspecified atom stereocenters. The molecular formula is C13H21N5O2. The number of aliphatic hydroxyl groups excluding tert-OH is 1.